The zero-order chi connectivity index (χ0) is 19.6. The summed E-state index contributed by atoms with van der Waals surface area (Å²) in [6.45, 7) is 3.74. The van der Waals surface area contributed by atoms with Gasteiger partial charge in [-0.3, -0.25) is 4.79 Å². The van der Waals surface area contributed by atoms with Gasteiger partial charge in [0.2, 0.25) is 0 Å². The van der Waals surface area contributed by atoms with Crippen molar-refractivity contribution in [3.8, 4) is 0 Å². The smallest absolute Gasteiger partial charge is 0.338 e. The number of anilines is 1. The Morgan fingerprint density at radius 1 is 1.11 bits per heavy atom. The number of aliphatic hydroxyl groups excluding tert-OH is 1. The zero-order valence-corrected chi connectivity index (χ0v) is 15.7. The molecule has 3 rings (SSSR count). The Morgan fingerprint density at radius 2 is 1.78 bits per heavy atom. The molecule has 2 aromatic carbocycles. The predicted octanol–water partition coefficient (Wildman–Crippen LogP) is 3.22. The molecule has 1 aliphatic heterocycles. The van der Waals surface area contributed by atoms with Gasteiger partial charge < -0.3 is 14.7 Å². The van der Waals surface area contributed by atoms with Crippen molar-refractivity contribution in [2.45, 2.75) is 25.9 Å². The summed E-state index contributed by atoms with van der Waals surface area (Å²) in [6.07, 6.45) is 1.56. The van der Waals surface area contributed by atoms with E-state index in [1.807, 2.05) is 30.1 Å². The second kappa shape index (κ2) is 7.37. The maximum atomic E-state index is 12.4. The molecule has 5 nitrogen and oxygen atoms in total. The maximum Gasteiger partial charge on any atom is 0.338 e. The molecule has 0 aliphatic carbocycles. The van der Waals surface area contributed by atoms with Gasteiger partial charge in [-0.2, -0.15) is 0 Å². The van der Waals surface area contributed by atoms with E-state index in [0.717, 1.165) is 16.9 Å². The normalized spacial score (nSPS) is 16.3. The molecule has 2 aromatic rings. The highest BCUT2D eigenvalue weighted by molar-refractivity contribution is 5.96. The van der Waals surface area contributed by atoms with Crippen LogP contribution in [0, 0.1) is 0 Å². The number of hydrogen-bond acceptors (Lipinski definition) is 5. The fraction of sp³-hybridized carbons (Fsp3) is 0.273. The Hall–Kier alpha value is -2.92. The van der Waals surface area contributed by atoms with E-state index in [0.29, 0.717) is 11.1 Å². The van der Waals surface area contributed by atoms with Gasteiger partial charge in [0.25, 0.3) is 0 Å². The Morgan fingerprint density at radius 3 is 2.41 bits per heavy atom. The van der Waals surface area contributed by atoms with Crippen molar-refractivity contribution in [3.05, 3.63) is 77.0 Å². The van der Waals surface area contributed by atoms with Crippen LogP contribution < -0.4 is 4.90 Å². The fourth-order valence-corrected chi connectivity index (χ4v) is 3.42. The minimum atomic E-state index is -0.562. The fourth-order valence-electron chi connectivity index (χ4n) is 3.42. The van der Waals surface area contributed by atoms with Crippen LogP contribution in [0.2, 0.25) is 0 Å². The van der Waals surface area contributed by atoms with E-state index >= 15 is 0 Å². The second-order valence-electron chi connectivity index (χ2n) is 7.13. The predicted molar refractivity (Wildman–Crippen MR) is 104 cm³/mol. The van der Waals surface area contributed by atoms with Crippen LogP contribution in [0.3, 0.4) is 0 Å². The van der Waals surface area contributed by atoms with Gasteiger partial charge in [-0.05, 0) is 29.3 Å². The highest BCUT2D eigenvalue weighted by Gasteiger charge is 2.38. The van der Waals surface area contributed by atoms with E-state index in [4.69, 9.17) is 9.84 Å². The van der Waals surface area contributed by atoms with Crippen molar-refractivity contribution < 1.29 is 19.4 Å². The largest absolute Gasteiger partial charge is 0.454 e. The minimum absolute atomic E-state index is 0.0902. The van der Waals surface area contributed by atoms with Crippen LogP contribution in [-0.4, -0.2) is 30.5 Å². The van der Waals surface area contributed by atoms with E-state index in [9.17, 15) is 9.59 Å². The number of benzene rings is 2. The number of aliphatic hydroxyl groups is 1. The number of esters is 1. The molecule has 5 heteroatoms. The van der Waals surface area contributed by atoms with Crippen LogP contribution >= 0.6 is 0 Å². The van der Waals surface area contributed by atoms with Crippen LogP contribution in [0.1, 0.15) is 35.3 Å². The van der Waals surface area contributed by atoms with Crippen molar-refractivity contribution in [2.75, 3.05) is 18.6 Å². The summed E-state index contributed by atoms with van der Waals surface area (Å²) in [5.41, 5.74) is 3.86. The third-order valence-electron chi connectivity index (χ3n) is 4.96. The van der Waals surface area contributed by atoms with Gasteiger partial charge in [-0.15, -0.1) is 0 Å². The minimum Gasteiger partial charge on any atom is -0.454 e. The molecule has 0 saturated carbocycles. The lowest BCUT2D eigenvalue weighted by molar-refractivity contribution is -0.117. The number of carbonyl (C=O) groups is 2. The number of carbonyl (C=O) groups excluding carboxylic acids is 2. The van der Waals surface area contributed by atoms with E-state index in [1.165, 1.54) is 0 Å². The third-order valence-corrected chi connectivity index (χ3v) is 4.96. The van der Waals surface area contributed by atoms with Gasteiger partial charge in [0, 0.05) is 29.9 Å². The summed E-state index contributed by atoms with van der Waals surface area (Å²) in [5, 5.41) is 9.04. The Balaban J connectivity index is 1.69. The summed E-state index contributed by atoms with van der Waals surface area (Å²) in [6, 6.07) is 14.5. The SMILES string of the molecule is CN1/C(=C/C(=O)COC(=O)c2ccc(CO)cc2)C(C)(C)c2ccccc21. The summed E-state index contributed by atoms with van der Waals surface area (Å²) in [7, 11) is 1.93. The lowest BCUT2D eigenvalue weighted by Crippen LogP contribution is -2.25. The molecule has 1 aliphatic rings. The highest BCUT2D eigenvalue weighted by atomic mass is 16.5. The van der Waals surface area contributed by atoms with Crippen LogP contribution in [0.25, 0.3) is 0 Å². The number of hydrogen-bond donors (Lipinski definition) is 1. The van der Waals surface area contributed by atoms with Gasteiger partial charge in [0.15, 0.2) is 12.4 Å². The molecular weight excluding hydrogens is 342 g/mol. The number of allylic oxidation sites excluding steroid dienone is 1. The monoisotopic (exact) mass is 365 g/mol. The Kier molecular flexibility index (Phi) is 5.15. The third kappa shape index (κ3) is 3.64. The molecule has 27 heavy (non-hydrogen) atoms. The van der Waals surface area contributed by atoms with Crippen molar-refractivity contribution in [1.29, 1.82) is 0 Å². The van der Waals surface area contributed by atoms with Crippen molar-refractivity contribution in [2.24, 2.45) is 0 Å². The molecule has 0 fully saturated rings. The number of likely N-dealkylation sites (N-methyl/N-ethyl adjacent to an activating group) is 1. The van der Waals surface area contributed by atoms with Crippen LogP contribution in [0.5, 0.6) is 0 Å². The highest BCUT2D eigenvalue weighted by Crippen LogP contribution is 2.46. The first kappa shape index (κ1) is 18.9. The summed E-state index contributed by atoms with van der Waals surface area (Å²) < 4.78 is 5.14. The van der Waals surface area contributed by atoms with Gasteiger partial charge >= 0.3 is 5.97 Å². The van der Waals surface area contributed by atoms with Crippen molar-refractivity contribution >= 4 is 17.4 Å². The summed E-state index contributed by atoms with van der Waals surface area (Å²) >= 11 is 0. The number of ether oxygens (including phenoxy) is 1. The number of ketones is 1. The maximum absolute atomic E-state index is 12.4. The molecule has 0 saturated heterocycles. The Bertz CT molecular complexity index is 897. The molecule has 0 amide bonds. The molecule has 1 heterocycles. The molecule has 0 unspecified atom stereocenters. The topological polar surface area (TPSA) is 66.8 Å². The van der Waals surface area contributed by atoms with Gasteiger partial charge in [-0.1, -0.05) is 44.2 Å². The average molecular weight is 365 g/mol. The van der Waals surface area contributed by atoms with E-state index < -0.39 is 5.97 Å². The van der Waals surface area contributed by atoms with Gasteiger partial charge in [0.05, 0.1) is 12.2 Å². The van der Waals surface area contributed by atoms with Crippen molar-refractivity contribution in [1.82, 2.24) is 0 Å². The summed E-state index contributed by atoms with van der Waals surface area (Å²) in [4.78, 5) is 26.5. The van der Waals surface area contributed by atoms with E-state index in [-0.39, 0.29) is 24.4 Å². The number of nitrogens with zero attached hydrogens (tertiary/aromatic N) is 1. The zero-order valence-electron chi connectivity index (χ0n) is 15.7. The molecular formula is C22H23NO4. The van der Waals surface area contributed by atoms with E-state index in [2.05, 4.69) is 19.9 Å². The average Bonchev–Trinajstić information content (AvgIpc) is 2.87. The number of fused-ring (bicyclic) bond motifs is 1. The number of para-hydroxylation sites is 1. The van der Waals surface area contributed by atoms with Gasteiger partial charge in [-0.25, -0.2) is 4.79 Å². The second-order valence-corrected chi connectivity index (χ2v) is 7.13. The standard InChI is InChI=1S/C22H23NO4/c1-22(2)18-6-4-5-7-19(18)23(3)20(22)12-17(25)14-27-21(26)16-10-8-15(13-24)9-11-16/h4-12,24H,13-14H2,1-3H3/b20-12+. The Labute approximate surface area is 158 Å². The first-order chi connectivity index (χ1) is 12.8. The van der Waals surface area contributed by atoms with Gasteiger partial charge in [0.1, 0.15) is 0 Å². The first-order valence-corrected chi connectivity index (χ1v) is 8.79. The lowest BCUT2D eigenvalue weighted by atomic mass is 9.83. The number of rotatable bonds is 5. The van der Waals surface area contributed by atoms with E-state index in [1.54, 1.807) is 30.3 Å². The summed E-state index contributed by atoms with van der Waals surface area (Å²) in [5.74, 6) is -0.827. The van der Waals surface area contributed by atoms with Crippen LogP contribution in [0.15, 0.2) is 60.3 Å². The lowest BCUT2D eigenvalue weighted by Gasteiger charge is -2.23. The molecule has 0 radical (unpaired) electrons. The molecule has 0 atom stereocenters. The molecule has 0 bridgehead atoms. The van der Waals surface area contributed by atoms with Crippen LogP contribution in [0.4, 0.5) is 5.69 Å². The molecule has 1 N–H and O–H groups in total. The van der Waals surface area contributed by atoms with Crippen molar-refractivity contribution in [3.63, 3.8) is 0 Å². The molecule has 0 spiro atoms. The quantitative estimate of drug-likeness (QED) is 0.651. The first-order valence-electron chi connectivity index (χ1n) is 8.79. The molecule has 0 aromatic heterocycles. The molecule has 140 valence electrons. The van der Waals surface area contributed by atoms with Crippen LogP contribution in [-0.2, 0) is 21.6 Å².